The largest absolute Gasteiger partial charge is 0.374 e. The summed E-state index contributed by atoms with van der Waals surface area (Å²) in [5.74, 6) is 0. The summed E-state index contributed by atoms with van der Waals surface area (Å²) in [6.07, 6.45) is 3.05. The Morgan fingerprint density at radius 2 is 2.06 bits per heavy atom. The second-order valence-electron chi connectivity index (χ2n) is 3.18. The number of anilines is 1. The third kappa shape index (κ3) is 1.87. The normalized spacial score (nSPS) is 10.6. The fraction of sp³-hybridized carbons (Fsp3) is 0.250. The fourth-order valence-electron chi connectivity index (χ4n) is 1.19. The number of aryl methyl sites for hydroxylation is 1. The summed E-state index contributed by atoms with van der Waals surface area (Å²) in [5.41, 5.74) is 4.26. The van der Waals surface area contributed by atoms with E-state index in [0.29, 0.717) is 10.1 Å². The van der Waals surface area contributed by atoms with Crippen LogP contribution in [0.5, 0.6) is 0 Å². The zero-order valence-corrected chi connectivity index (χ0v) is 9.27. The molecule has 0 spiro atoms. The minimum Gasteiger partial charge on any atom is -0.374 e. The molecule has 2 aromatic heterocycles. The second-order valence-corrected chi connectivity index (χ2v) is 4.27. The van der Waals surface area contributed by atoms with E-state index < -0.39 is 11.1 Å². The van der Waals surface area contributed by atoms with Crippen molar-refractivity contribution in [1.82, 2.24) is 19.3 Å². The van der Waals surface area contributed by atoms with Crippen LogP contribution in [0.1, 0.15) is 5.01 Å². The van der Waals surface area contributed by atoms with E-state index >= 15 is 0 Å². The molecule has 0 saturated heterocycles. The van der Waals surface area contributed by atoms with Gasteiger partial charge in [-0.3, -0.25) is 9.59 Å². The average Bonchev–Trinajstić information content (AvgIpc) is 2.65. The van der Waals surface area contributed by atoms with Crippen molar-refractivity contribution in [2.45, 2.75) is 6.54 Å². The first-order valence-electron chi connectivity index (χ1n) is 4.42. The van der Waals surface area contributed by atoms with Gasteiger partial charge in [-0.1, -0.05) is 11.3 Å². The van der Waals surface area contributed by atoms with Crippen LogP contribution in [0.3, 0.4) is 0 Å². The SMILES string of the molecule is Cn1ccn(Cc2nnc(N)s2)c(=O)c1=O. The molecule has 2 aromatic rings. The molecule has 0 aliphatic rings. The lowest BCUT2D eigenvalue weighted by Crippen LogP contribution is -2.39. The van der Waals surface area contributed by atoms with E-state index in [-0.39, 0.29) is 6.54 Å². The van der Waals surface area contributed by atoms with E-state index in [1.807, 2.05) is 0 Å². The number of nitrogen functional groups attached to an aromatic ring is 1. The van der Waals surface area contributed by atoms with E-state index in [1.54, 1.807) is 0 Å². The van der Waals surface area contributed by atoms with Crippen LogP contribution in [0.15, 0.2) is 22.0 Å². The zero-order valence-electron chi connectivity index (χ0n) is 8.45. The molecule has 7 nitrogen and oxygen atoms in total. The standard InChI is InChI=1S/C8H9N5O2S/c1-12-2-3-13(7(15)6(12)14)4-5-10-11-8(9)16-5/h2-3H,4H2,1H3,(H2,9,11). The van der Waals surface area contributed by atoms with Crippen molar-refractivity contribution >= 4 is 16.5 Å². The molecule has 16 heavy (non-hydrogen) atoms. The lowest BCUT2D eigenvalue weighted by molar-refractivity contribution is 0.688. The number of nitrogens with zero attached hydrogens (tertiary/aromatic N) is 4. The molecule has 0 atom stereocenters. The van der Waals surface area contributed by atoms with Gasteiger partial charge < -0.3 is 14.9 Å². The second kappa shape index (κ2) is 3.89. The Balaban J connectivity index is 2.40. The highest BCUT2D eigenvalue weighted by Gasteiger charge is 2.06. The predicted octanol–water partition coefficient (Wildman–Crippen LogP) is -0.971. The molecule has 0 saturated carbocycles. The van der Waals surface area contributed by atoms with Gasteiger partial charge in [0.05, 0.1) is 6.54 Å². The van der Waals surface area contributed by atoms with Gasteiger partial charge in [0.25, 0.3) is 0 Å². The molecule has 2 rings (SSSR count). The van der Waals surface area contributed by atoms with E-state index in [9.17, 15) is 9.59 Å². The first kappa shape index (κ1) is 10.6. The van der Waals surface area contributed by atoms with Gasteiger partial charge in [0, 0.05) is 19.4 Å². The van der Waals surface area contributed by atoms with Gasteiger partial charge in [-0.05, 0) is 0 Å². The molecular weight excluding hydrogens is 230 g/mol. The maximum Gasteiger partial charge on any atom is 0.316 e. The molecule has 0 radical (unpaired) electrons. The van der Waals surface area contributed by atoms with Crippen LogP contribution in [0.2, 0.25) is 0 Å². The molecule has 0 amide bonds. The summed E-state index contributed by atoms with van der Waals surface area (Å²) in [6.45, 7) is 0.212. The molecule has 0 aliphatic heterocycles. The van der Waals surface area contributed by atoms with E-state index in [4.69, 9.17) is 5.73 Å². The van der Waals surface area contributed by atoms with Crippen LogP contribution < -0.4 is 16.9 Å². The number of aromatic nitrogens is 4. The zero-order chi connectivity index (χ0) is 11.7. The van der Waals surface area contributed by atoms with Gasteiger partial charge in [0.15, 0.2) is 0 Å². The van der Waals surface area contributed by atoms with E-state index in [2.05, 4.69) is 10.2 Å². The summed E-state index contributed by atoms with van der Waals surface area (Å²) in [6, 6.07) is 0. The van der Waals surface area contributed by atoms with Gasteiger partial charge in [-0.2, -0.15) is 0 Å². The van der Waals surface area contributed by atoms with Gasteiger partial charge >= 0.3 is 11.1 Å². The molecule has 0 aromatic carbocycles. The maximum atomic E-state index is 11.6. The van der Waals surface area contributed by atoms with Crippen LogP contribution in [-0.4, -0.2) is 19.3 Å². The third-order valence-electron chi connectivity index (χ3n) is 2.02. The van der Waals surface area contributed by atoms with Crippen molar-refractivity contribution in [3.63, 3.8) is 0 Å². The molecular formula is C8H9N5O2S. The van der Waals surface area contributed by atoms with E-state index in [1.165, 1.54) is 39.9 Å². The Kier molecular flexibility index (Phi) is 2.57. The van der Waals surface area contributed by atoms with Crippen molar-refractivity contribution in [3.05, 3.63) is 38.1 Å². The Bertz CT molecular complexity index is 626. The van der Waals surface area contributed by atoms with Crippen LogP contribution in [-0.2, 0) is 13.6 Å². The Hall–Kier alpha value is -1.96. The van der Waals surface area contributed by atoms with Gasteiger partial charge in [-0.15, -0.1) is 10.2 Å². The molecule has 2 heterocycles. The Labute approximate surface area is 93.8 Å². The minimum atomic E-state index is -0.584. The maximum absolute atomic E-state index is 11.6. The lowest BCUT2D eigenvalue weighted by atomic mass is 10.5. The number of rotatable bonds is 2. The molecule has 2 N–H and O–H groups in total. The Morgan fingerprint density at radius 3 is 2.69 bits per heavy atom. The molecule has 0 bridgehead atoms. The molecule has 84 valence electrons. The number of hydrogen-bond acceptors (Lipinski definition) is 6. The van der Waals surface area contributed by atoms with Crippen LogP contribution >= 0.6 is 11.3 Å². The summed E-state index contributed by atoms with van der Waals surface area (Å²) in [4.78, 5) is 22.9. The van der Waals surface area contributed by atoms with Crippen molar-refractivity contribution in [3.8, 4) is 0 Å². The molecule has 0 fully saturated rings. The molecule has 0 aliphatic carbocycles. The van der Waals surface area contributed by atoms with Crippen LogP contribution in [0.25, 0.3) is 0 Å². The minimum absolute atomic E-state index is 0.212. The van der Waals surface area contributed by atoms with Crippen LogP contribution in [0, 0.1) is 0 Å². The smallest absolute Gasteiger partial charge is 0.316 e. The summed E-state index contributed by atoms with van der Waals surface area (Å²) in [5, 5.41) is 8.34. The number of nitrogens with two attached hydrogens (primary N) is 1. The van der Waals surface area contributed by atoms with Gasteiger partial charge in [-0.25, -0.2) is 0 Å². The monoisotopic (exact) mass is 239 g/mol. The number of hydrogen-bond donors (Lipinski definition) is 1. The van der Waals surface area contributed by atoms with E-state index in [0.717, 1.165) is 0 Å². The highest BCUT2D eigenvalue weighted by atomic mass is 32.1. The highest BCUT2D eigenvalue weighted by Crippen LogP contribution is 2.10. The topological polar surface area (TPSA) is 95.8 Å². The van der Waals surface area contributed by atoms with Crippen LogP contribution in [0.4, 0.5) is 5.13 Å². The average molecular weight is 239 g/mol. The quantitative estimate of drug-likeness (QED) is 0.680. The first-order valence-corrected chi connectivity index (χ1v) is 5.23. The molecule has 0 unspecified atom stereocenters. The van der Waals surface area contributed by atoms with Gasteiger partial charge in [0.1, 0.15) is 5.01 Å². The van der Waals surface area contributed by atoms with Crippen molar-refractivity contribution in [2.75, 3.05) is 5.73 Å². The fourth-order valence-corrected chi connectivity index (χ4v) is 1.80. The van der Waals surface area contributed by atoms with Crippen molar-refractivity contribution in [1.29, 1.82) is 0 Å². The molecule has 8 heteroatoms. The van der Waals surface area contributed by atoms with Crippen molar-refractivity contribution < 1.29 is 0 Å². The summed E-state index contributed by atoms with van der Waals surface area (Å²) < 4.78 is 2.51. The highest BCUT2D eigenvalue weighted by molar-refractivity contribution is 7.15. The van der Waals surface area contributed by atoms with Gasteiger partial charge in [0.2, 0.25) is 5.13 Å². The third-order valence-corrected chi connectivity index (χ3v) is 2.76. The lowest BCUT2D eigenvalue weighted by Gasteiger charge is -2.02. The van der Waals surface area contributed by atoms with Crippen molar-refractivity contribution in [2.24, 2.45) is 7.05 Å². The summed E-state index contributed by atoms with van der Waals surface area (Å²) >= 11 is 1.19. The summed E-state index contributed by atoms with van der Waals surface area (Å²) in [7, 11) is 1.52. The first-order chi connectivity index (χ1) is 7.58. The Morgan fingerprint density at radius 1 is 1.31 bits per heavy atom. The predicted molar refractivity (Wildman–Crippen MR) is 59.4 cm³/mol.